The van der Waals surface area contributed by atoms with Crippen molar-refractivity contribution in [2.24, 2.45) is 0 Å². The molecule has 3 nitrogen and oxygen atoms in total. The Bertz CT molecular complexity index is 377. The molecule has 1 rings (SSSR count). The van der Waals surface area contributed by atoms with E-state index in [4.69, 9.17) is 5.73 Å². The van der Waals surface area contributed by atoms with Gasteiger partial charge in [0, 0.05) is 24.7 Å². The molecule has 0 fully saturated rings. The standard InChI is InChI=1S/C12H18N2OS/c1-4-7-16-11-8-9(13)5-6-10(11)12(15)14(2)3/h5-6,8H,4,7,13H2,1-3H3. The number of anilines is 1. The van der Waals surface area contributed by atoms with Crippen LogP contribution >= 0.6 is 11.8 Å². The first-order valence-corrected chi connectivity index (χ1v) is 6.28. The van der Waals surface area contributed by atoms with Gasteiger partial charge in [-0.1, -0.05) is 6.92 Å². The van der Waals surface area contributed by atoms with Crippen LogP contribution in [0.5, 0.6) is 0 Å². The number of rotatable bonds is 4. The number of amides is 1. The average molecular weight is 238 g/mol. The predicted octanol–water partition coefficient (Wildman–Crippen LogP) is 2.47. The van der Waals surface area contributed by atoms with Gasteiger partial charge in [0.25, 0.3) is 5.91 Å². The molecular formula is C12H18N2OS. The summed E-state index contributed by atoms with van der Waals surface area (Å²) in [6.07, 6.45) is 1.08. The third kappa shape index (κ3) is 3.17. The zero-order valence-corrected chi connectivity index (χ0v) is 10.8. The molecule has 1 amide bonds. The molecule has 4 heteroatoms. The SMILES string of the molecule is CCCSc1cc(N)ccc1C(=O)N(C)C. The van der Waals surface area contributed by atoms with E-state index < -0.39 is 0 Å². The van der Waals surface area contributed by atoms with Crippen LogP contribution in [-0.2, 0) is 0 Å². The molecule has 0 aliphatic rings. The minimum atomic E-state index is 0.0265. The Hall–Kier alpha value is -1.16. The van der Waals surface area contributed by atoms with Gasteiger partial charge < -0.3 is 10.6 Å². The molecule has 0 bridgehead atoms. The van der Waals surface area contributed by atoms with Gasteiger partial charge in [-0.3, -0.25) is 4.79 Å². The lowest BCUT2D eigenvalue weighted by Crippen LogP contribution is -2.22. The Kier molecular flexibility index (Phi) is 4.68. The Morgan fingerprint density at radius 3 is 2.69 bits per heavy atom. The Balaban J connectivity index is 3.02. The normalized spacial score (nSPS) is 10.2. The van der Waals surface area contributed by atoms with Crippen molar-refractivity contribution in [2.75, 3.05) is 25.6 Å². The van der Waals surface area contributed by atoms with Crippen LogP contribution in [0.1, 0.15) is 23.7 Å². The number of nitrogens with zero attached hydrogens (tertiary/aromatic N) is 1. The van der Waals surface area contributed by atoms with Gasteiger partial charge in [0.2, 0.25) is 0 Å². The zero-order valence-electron chi connectivity index (χ0n) is 9.99. The highest BCUT2D eigenvalue weighted by atomic mass is 32.2. The largest absolute Gasteiger partial charge is 0.399 e. The molecule has 1 aromatic rings. The lowest BCUT2D eigenvalue weighted by atomic mass is 10.2. The van der Waals surface area contributed by atoms with Gasteiger partial charge in [0.05, 0.1) is 5.56 Å². The number of hydrogen-bond donors (Lipinski definition) is 1. The molecule has 0 atom stereocenters. The van der Waals surface area contributed by atoms with Crippen LogP contribution in [0.2, 0.25) is 0 Å². The summed E-state index contributed by atoms with van der Waals surface area (Å²) >= 11 is 1.68. The predicted molar refractivity (Wildman–Crippen MR) is 69.9 cm³/mol. The van der Waals surface area contributed by atoms with Crippen molar-refractivity contribution >= 4 is 23.4 Å². The minimum absolute atomic E-state index is 0.0265. The Morgan fingerprint density at radius 1 is 1.44 bits per heavy atom. The van der Waals surface area contributed by atoms with Crippen molar-refractivity contribution in [3.63, 3.8) is 0 Å². The second-order valence-corrected chi connectivity index (χ2v) is 4.94. The van der Waals surface area contributed by atoms with Crippen molar-refractivity contribution in [1.82, 2.24) is 4.90 Å². The van der Waals surface area contributed by atoms with E-state index in [2.05, 4.69) is 6.92 Å². The van der Waals surface area contributed by atoms with Crippen LogP contribution in [0.15, 0.2) is 23.1 Å². The van der Waals surface area contributed by atoms with E-state index in [1.165, 1.54) is 0 Å². The van der Waals surface area contributed by atoms with E-state index >= 15 is 0 Å². The monoisotopic (exact) mass is 238 g/mol. The second-order valence-electron chi connectivity index (χ2n) is 3.80. The molecule has 0 unspecified atom stereocenters. The maximum atomic E-state index is 11.9. The number of carbonyl (C=O) groups is 1. The Labute approximate surface area is 101 Å². The fraction of sp³-hybridized carbons (Fsp3) is 0.417. The third-order valence-corrected chi connectivity index (χ3v) is 3.37. The quantitative estimate of drug-likeness (QED) is 0.647. The van der Waals surface area contributed by atoms with Gasteiger partial charge in [-0.2, -0.15) is 0 Å². The fourth-order valence-electron chi connectivity index (χ4n) is 1.29. The highest BCUT2D eigenvalue weighted by Crippen LogP contribution is 2.26. The molecule has 0 spiro atoms. The summed E-state index contributed by atoms with van der Waals surface area (Å²) in [4.78, 5) is 14.5. The van der Waals surface area contributed by atoms with Crippen molar-refractivity contribution in [3.05, 3.63) is 23.8 Å². The Morgan fingerprint density at radius 2 is 2.12 bits per heavy atom. The lowest BCUT2D eigenvalue weighted by Gasteiger charge is -2.14. The number of carbonyl (C=O) groups excluding carboxylic acids is 1. The van der Waals surface area contributed by atoms with Crippen molar-refractivity contribution in [1.29, 1.82) is 0 Å². The molecule has 0 aromatic heterocycles. The zero-order chi connectivity index (χ0) is 12.1. The smallest absolute Gasteiger partial charge is 0.254 e. The number of benzene rings is 1. The molecule has 0 radical (unpaired) electrons. The molecule has 16 heavy (non-hydrogen) atoms. The number of nitrogens with two attached hydrogens (primary N) is 1. The van der Waals surface area contributed by atoms with Crippen molar-refractivity contribution in [3.8, 4) is 0 Å². The van der Waals surface area contributed by atoms with Crippen molar-refractivity contribution in [2.45, 2.75) is 18.2 Å². The van der Waals surface area contributed by atoms with Crippen LogP contribution in [0.25, 0.3) is 0 Å². The summed E-state index contributed by atoms with van der Waals surface area (Å²) in [6, 6.07) is 5.44. The van der Waals surface area contributed by atoms with Gasteiger partial charge in [0.15, 0.2) is 0 Å². The van der Waals surface area contributed by atoms with Crippen LogP contribution in [0.4, 0.5) is 5.69 Å². The van der Waals surface area contributed by atoms with Gasteiger partial charge in [-0.25, -0.2) is 0 Å². The summed E-state index contributed by atoms with van der Waals surface area (Å²) in [5, 5.41) is 0. The number of thioether (sulfide) groups is 1. The van der Waals surface area contributed by atoms with E-state index in [0.29, 0.717) is 5.69 Å². The van der Waals surface area contributed by atoms with Gasteiger partial charge in [-0.15, -0.1) is 11.8 Å². The van der Waals surface area contributed by atoms with Gasteiger partial charge in [-0.05, 0) is 30.4 Å². The molecule has 2 N–H and O–H groups in total. The highest BCUT2D eigenvalue weighted by molar-refractivity contribution is 7.99. The molecular weight excluding hydrogens is 220 g/mol. The summed E-state index contributed by atoms with van der Waals surface area (Å²) in [5.74, 6) is 1.02. The number of nitrogen functional groups attached to an aromatic ring is 1. The summed E-state index contributed by atoms with van der Waals surface area (Å²) in [6.45, 7) is 2.12. The molecule has 0 aliphatic heterocycles. The van der Waals surface area contributed by atoms with Crippen LogP contribution < -0.4 is 5.73 Å². The average Bonchev–Trinajstić information content (AvgIpc) is 2.25. The van der Waals surface area contributed by atoms with Crippen molar-refractivity contribution < 1.29 is 4.79 Å². The summed E-state index contributed by atoms with van der Waals surface area (Å²) < 4.78 is 0. The maximum Gasteiger partial charge on any atom is 0.254 e. The van der Waals surface area contributed by atoms with E-state index in [-0.39, 0.29) is 5.91 Å². The second kappa shape index (κ2) is 5.80. The van der Waals surface area contributed by atoms with Gasteiger partial charge >= 0.3 is 0 Å². The lowest BCUT2D eigenvalue weighted by molar-refractivity contribution is 0.0824. The first-order chi connectivity index (χ1) is 7.56. The van der Waals surface area contributed by atoms with Gasteiger partial charge in [0.1, 0.15) is 0 Å². The van der Waals surface area contributed by atoms with Crippen LogP contribution in [-0.4, -0.2) is 30.7 Å². The molecule has 0 heterocycles. The molecule has 1 aromatic carbocycles. The third-order valence-electron chi connectivity index (χ3n) is 2.10. The summed E-state index contributed by atoms with van der Waals surface area (Å²) in [5.41, 5.74) is 7.17. The van der Waals surface area contributed by atoms with E-state index in [0.717, 1.165) is 22.6 Å². The maximum absolute atomic E-state index is 11.9. The number of hydrogen-bond acceptors (Lipinski definition) is 3. The van der Waals surface area contributed by atoms with Crippen LogP contribution in [0.3, 0.4) is 0 Å². The topological polar surface area (TPSA) is 46.3 Å². The molecule has 88 valence electrons. The molecule has 0 saturated carbocycles. The van der Waals surface area contributed by atoms with E-state index in [1.54, 1.807) is 42.9 Å². The fourth-order valence-corrected chi connectivity index (χ4v) is 2.24. The molecule has 0 saturated heterocycles. The molecule has 0 aliphatic carbocycles. The highest BCUT2D eigenvalue weighted by Gasteiger charge is 2.13. The minimum Gasteiger partial charge on any atom is -0.399 e. The first kappa shape index (κ1) is 12.9. The summed E-state index contributed by atoms with van der Waals surface area (Å²) in [7, 11) is 3.51. The van der Waals surface area contributed by atoms with E-state index in [1.807, 2.05) is 6.07 Å². The van der Waals surface area contributed by atoms with Crippen LogP contribution in [0, 0.1) is 0 Å². The van der Waals surface area contributed by atoms with E-state index in [9.17, 15) is 4.79 Å². The first-order valence-electron chi connectivity index (χ1n) is 5.30.